The van der Waals surface area contributed by atoms with Crippen LogP contribution < -0.4 is 14.8 Å². The number of ether oxygens (including phenoxy) is 2. The summed E-state index contributed by atoms with van der Waals surface area (Å²) in [6.45, 7) is 4.32. The Bertz CT molecular complexity index is 1240. The van der Waals surface area contributed by atoms with Crippen molar-refractivity contribution >= 4 is 28.7 Å². The van der Waals surface area contributed by atoms with Crippen LogP contribution in [0.1, 0.15) is 37.8 Å². The molecule has 0 radical (unpaired) electrons. The van der Waals surface area contributed by atoms with Gasteiger partial charge in [-0.1, -0.05) is 35.9 Å². The fourth-order valence-corrected chi connectivity index (χ4v) is 3.54. The maximum absolute atomic E-state index is 11.2. The molecule has 182 valence electrons. The molecule has 4 rings (SSSR count). The van der Waals surface area contributed by atoms with Crippen LogP contribution in [0.15, 0.2) is 77.2 Å². The molecule has 0 spiro atoms. The Morgan fingerprint density at radius 3 is 2.43 bits per heavy atom. The number of halogens is 1. The third-order valence-electron chi connectivity index (χ3n) is 5.40. The Kier molecular flexibility index (Phi) is 7.58. The van der Waals surface area contributed by atoms with E-state index in [-0.39, 0.29) is 6.10 Å². The number of carboxylic acids is 1. The van der Waals surface area contributed by atoms with Gasteiger partial charge in [0.05, 0.1) is 0 Å². The summed E-state index contributed by atoms with van der Waals surface area (Å²) < 4.78 is 17.7. The van der Waals surface area contributed by atoms with Crippen LogP contribution in [-0.4, -0.2) is 28.2 Å². The van der Waals surface area contributed by atoms with E-state index in [1.807, 2.05) is 48.5 Å². The molecule has 1 unspecified atom stereocenters. The highest BCUT2D eigenvalue weighted by atomic mass is 35.5. The van der Waals surface area contributed by atoms with Gasteiger partial charge in [-0.3, -0.25) is 0 Å². The van der Waals surface area contributed by atoms with Gasteiger partial charge in [-0.2, -0.15) is 0 Å². The molecule has 1 atom stereocenters. The largest absolute Gasteiger partial charge is 0.481 e. The summed E-state index contributed by atoms with van der Waals surface area (Å²) in [4.78, 5) is 15.9. The lowest BCUT2D eigenvalue weighted by molar-refractivity contribution is -0.152. The maximum Gasteiger partial charge on any atom is 0.347 e. The SMILES string of the molecule is CC(C)(Oc1ccc(CNCCC(Oc2ccc(Cl)cc2)c2nc3ccccc3o2)cc1)C(=O)O. The van der Waals surface area contributed by atoms with Crippen molar-refractivity contribution in [2.24, 2.45) is 0 Å². The molecular formula is C27H27ClN2O5. The normalized spacial score (nSPS) is 12.4. The van der Waals surface area contributed by atoms with E-state index in [0.29, 0.717) is 47.5 Å². The monoisotopic (exact) mass is 494 g/mol. The summed E-state index contributed by atoms with van der Waals surface area (Å²) in [6.07, 6.45) is 0.244. The van der Waals surface area contributed by atoms with Crippen molar-refractivity contribution < 1.29 is 23.8 Å². The summed E-state index contributed by atoms with van der Waals surface area (Å²) >= 11 is 6.00. The van der Waals surface area contributed by atoms with Crippen molar-refractivity contribution in [3.63, 3.8) is 0 Å². The van der Waals surface area contributed by atoms with Gasteiger partial charge in [0.1, 0.15) is 17.0 Å². The first kappa shape index (κ1) is 24.6. The maximum atomic E-state index is 11.2. The van der Waals surface area contributed by atoms with E-state index < -0.39 is 11.6 Å². The molecule has 1 heterocycles. The number of carboxylic acid groups (broad SMARTS) is 1. The topological polar surface area (TPSA) is 93.8 Å². The number of aromatic nitrogens is 1. The number of fused-ring (bicyclic) bond motifs is 1. The first-order valence-electron chi connectivity index (χ1n) is 11.3. The van der Waals surface area contributed by atoms with Crippen molar-refractivity contribution in [3.05, 3.63) is 89.3 Å². The number of hydrogen-bond acceptors (Lipinski definition) is 6. The summed E-state index contributed by atoms with van der Waals surface area (Å²) in [7, 11) is 0. The minimum Gasteiger partial charge on any atom is -0.481 e. The molecule has 8 heteroatoms. The number of nitrogens with zero attached hydrogens (tertiary/aromatic N) is 1. The second-order valence-electron chi connectivity index (χ2n) is 8.61. The van der Waals surface area contributed by atoms with E-state index in [0.717, 1.165) is 11.1 Å². The highest BCUT2D eigenvalue weighted by Gasteiger charge is 2.29. The number of oxazole rings is 1. The number of nitrogens with one attached hydrogen (secondary N) is 1. The molecule has 35 heavy (non-hydrogen) atoms. The molecule has 0 saturated heterocycles. The molecule has 0 aliphatic carbocycles. The second kappa shape index (κ2) is 10.8. The van der Waals surface area contributed by atoms with Gasteiger partial charge < -0.3 is 24.3 Å². The lowest BCUT2D eigenvalue weighted by atomic mass is 10.1. The van der Waals surface area contributed by atoms with Crippen LogP contribution in [-0.2, 0) is 11.3 Å². The van der Waals surface area contributed by atoms with Gasteiger partial charge in [-0.05, 0) is 74.5 Å². The van der Waals surface area contributed by atoms with Crippen molar-refractivity contribution in [3.8, 4) is 11.5 Å². The third-order valence-corrected chi connectivity index (χ3v) is 5.65. The van der Waals surface area contributed by atoms with Crippen molar-refractivity contribution in [2.45, 2.75) is 38.5 Å². The molecule has 7 nitrogen and oxygen atoms in total. The number of para-hydroxylation sites is 2. The van der Waals surface area contributed by atoms with Crippen LogP contribution in [0.5, 0.6) is 11.5 Å². The quantitative estimate of drug-likeness (QED) is 0.246. The molecule has 2 N–H and O–H groups in total. The summed E-state index contributed by atoms with van der Waals surface area (Å²) in [5, 5.41) is 13.3. The van der Waals surface area contributed by atoms with E-state index in [1.54, 1.807) is 24.3 Å². The Labute approximate surface area is 208 Å². The van der Waals surface area contributed by atoms with E-state index >= 15 is 0 Å². The average molecular weight is 495 g/mol. The molecule has 0 fully saturated rings. The van der Waals surface area contributed by atoms with Crippen LogP contribution in [0, 0.1) is 0 Å². The smallest absolute Gasteiger partial charge is 0.347 e. The molecule has 0 aliphatic rings. The summed E-state index contributed by atoms with van der Waals surface area (Å²) in [6, 6.07) is 22.2. The zero-order valence-corrected chi connectivity index (χ0v) is 20.3. The van der Waals surface area contributed by atoms with Gasteiger partial charge in [0, 0.05) is 18.0 Å². The highest BCUT2D eigenvalue weighted by molar-refractivity contribution is 6.30. The lowest BCUT2D eigenvalue weighted by Gasteiger charge is -2.21. The van der Waals surface area contributed by atoms with Gasteiger partial charge in [-0.15, -0.1) is 0 Å². The second-order valence-corrected chi connectivity index (χ2v) is 9.04. The molecule has 1 aromatic heterocycles. The molecular weight excluding hydrogens is 468 g/mol. The third kappa shape index (κ3) is 6.53. The fraction of sp³-hybridized carbons (Fsp3) is 0.259. The van der Waals surface area contributed by atoms with Gasteiger partial charge in [0.25, 0.3) is 0 Å². The van der Waals surface area contributed by atoms with E-state index in [4.69, 9.17) is 25.5 Å². The van der Waals surface area contributed by atoms with Gasteiger partial charge in [0.15, 0.2) is 17.3 Å². The van der Waals surface area contributed by atoms with Crippen molar-refractivity contribution in [2.75, 3.05) is 6.54 Å². The van der Waals surface area contributed by atoms with Crippen LogP contribution in [0.3, 0.4) is 0 Å². The predicted molar refractivity (Wildman–Crippen MR) is 134 cm³/mol. The van der Waals surface area contributed by atoms with Gasteiger partial charge in [0.2, 0.25) is 5.89 Å². The molecule has 4 aromatic rings. The first-order chi connectivity index (χ1) is 16.8. The number of rotatable bonds is 11. The summed E-state index contributed by atoms with van der Waals surface area (Å²) in [5.74, 6) is 0.693. The fourth-order valence-electron chi connectivity index (χ4n) is 3.42. The molecule has 0 saturated carbocycles. The lowest BCUT2D eigenvalue weighted by Crippen LogP contribution is -2.37. The zero-order chi connectivity index (χ0) is 24.8. The van der Waals surface area contributed by atoms with Crippen LogP contribution >= 0.6 is 11.6 Å². The van der Waals surface area contributed by atoms with Crippen LogP contribution in [0.25, 0.3) is 11.1 Å². The van der Waals surface area contributed by atoms with Crippen LogP contribution in [0.2, 0.25) is 5.02 Å². The van der Waals surface area contributed by atoms with E-state index in [9.17, 15) is 9.90 Å². The van der Waals surface area contributed by atoms with Crippen molar-refractivity contribution in [1.82, 2.24) is 10.3 Å². The Hall–Kier alpha value is -3.55. The van der Waals surface area contributed by atoms with Crippen molar-refractivity contribution in [1.29, 1.82) is 0 Å². The number of hydrogen-bond donors (Lipinski definition) is 2. The Balaban J connectivity index is 1.37. The first-order valence-corrected chi connectivity index (χ1v) is 11.7. The number of benzene rings is 3. The Morgan fingerprint density at radius 1 is 1.06 bits per heavy atom. The highest BCUT2D eigenvalue weighted by Crippen LogP contribution is 2.28. The standard InChI is InChI=1S/C27H27ClN2O5/c1-27(2,26(31)32)35-21-11-7-18(8-12-21)17-29-16-15-24(33-20-13-9-19(28)10-14-20)25-30-22-5-3-4-6-23(22)34-25/h3-14,24,29H,15-17H2,1-2H3,(H,31,32). The average Bonchev–Trinajstić information content (AvgIpc) is 3.27. The Morgan fingerprint density at radius 2 is 1.74 bits per heavy atom. The minimum atomic E-state index is -1.29. The minimum absolute atomic E-state index is 0.384. The molecule has 0 bridgehead atoms. The molecule has 0 aliphatic heterocycles. The van der Waals surface area contributed by atoms with Gasteiger partial charge in [-0.25, -0.2) is 9.78 Å². The van der Waals surface area contributed by atoms with E-state index in [1.165, 1.54) is 13.8 Å². The predicted octanol–water partition coefficient (Wildman–Crippen LogP) is 6.02. The van der Waals surface area contributed by atoms with E-state index in [2.05, 4.69) is 10.3 Å². The number of carbonyl (C=O) groups is 1. The van der Waals surface area contributed by atoms with Gasteiger partial charge >= 0.3 is 5.97 Å². The molecule has 0 amide bonds. The zero-order valence-electron chi connectivity index (χ0n) is 19.5. The summed E-state index contributed by atoms with van der Waals surface area (Å²) in [5.41, 5.74) is 1.26. The van der Waals surface area contributed by atoms with Crippen LogP contribution in [0.4, 0.5) is 0 Å². The number of aliphatic carboxylic acids is 1. The molecule has 3 aromatic carbocycles.